The van der Waals surface area contributed by atoms with Gasteiger partial charge in [0.25, 0.3) is 5.91 Å². The molecular weight excluding hydrogens is 568 g/mol. The van der Waals surface area contributed by atoms with E-state index in [1.807, 2.05) is 24.3 Å². The van der Waals surface area contributed by atoms with Gasteiger partial charge in [0, 0.05) is 33.2 Å². The van der Waals surface area contributed by atoms with E-state index < -0.39 is 11.9 Å². The lowest BCUT2D eigenvalue weighted by molar-refractivity contribution is -0.147. The van der Waals surface area contributed by atoms with E-state index in [9.17, 15) is 14.4 Å². The number of ether oxygens (including phenoxy) is 2. The van der Waals surface area contributed by atoms with E-state index >= 15 is 0 Å². The molecule has 2 amide bonds. The van der Waals surface area contributed by atoms with Gasteiger partial charge in [0.15, 0.2) is 6.61 Å². The minimum absolute atomic E-state index is 0.0406. The average Bonchev–Trinajstić information content (AvgIpc) is 2.82. The van der Waals surface area contributed by atoms with E-state index in [0.29, 0.717) is 29.3 Å². The van der Waals surface area contributed by atoms with Crippen molar-refractivity contribution in [2.75, 3.05) is 17.2 Å². The minimum Gasteiger partial charge on any atom is -0.457 e. The van der Waals surface area contributed by atoms with Gasteiger partial charge < -0.3 is 20.1 Å². The van der Waals surface area contributed by atoms with Crippen LogP contribution < -0.4 is 15.4 Å². The number of amides is 2. The van der Waals surface area contributed by atoms with Crippen molar-refractivity contribution in [2.45, 2.75) is 19.3 Å². The number of rotatable bonds is 10. The van der Waals surface area contributed by atoms with Crippen LogP contribution in [0.5, 0.6) is 11.5 Å². The topological polar surface area (TPSA) is 93.7 Å². The molecule has 2 N–H and O–H groups in total. The quantitative estimate of drug-likeness (QED) is 0.271. The number of esters is 1. The van der Waals surface area contributed by atoms with E-state index in [2.05, 4.69) is 42.5 Å². The van der Waals surface area contributed by atoms with Crippen LogP contribution in [0.3, 0.4) is 0 Å². The summed E-state index contributed by atoms with van der Waals surface area (Å²) in [5.41, 5.74) is 1.23. The van der Waals surface area contributed by atoms with E-state index in [-0.39, 0.29) is 25.4 Å². The number of anilines is 2. The molecule has 0 saturated heterocycles. The molecular formula is C25H22Br2N2O5. The monoisotopic (exact) mass is 588 g/mol. The molecule has 0 radical (unpaired) electrons. The minimum atomic E-state index is -0.534. The summed E-state index contributed by atoms with van der Waals surface area (Å²) in [5.74, 6) is 0.168. The molecule has 0 aliphatic rings. The summed E-state index contributed by atoms with van der Waals surface area (Å²) in [7, 11) is 0. The molecule has 0 aliphatic heterocycles. The van der Waals surface area contributed by atoms with Gasteiger partial charge in [-0.3, -0.25) is 14.4 Å². The molecule has 0 unspecified atom stereocenters. The molecule has 176 valence electrons. The third kappa shape index (κ3) is 8.99. The lowest BCUT2D eigenvalue weighted by atomic mass is 10.2. The molecule has 0 aromatic heterocycles. The first kappa shape index (κ1) is 25.5. The molecule has 3 aromatic carbocycles. The summed E-state index contributed by atoms with van der Waals surface area (Å²) in [5, 5.41) is 5.41. The predicted molar refractivity (Wildman–Crippen MR) is 137 cm³/mol. The molecule has 34 heavy (non-hydrogen) atoms. The molecule has 0 atom stereocenters. The van der Waals surface area contributed by atoms with Gasteiger partial charge in [-0.2, -0.15) is 0 Å². The molecule has 0 fully saturated rings. The van der Waals surface area contributed by atoms with E-state index in [4.69, 9.17) is 9.47 Å². The highest BCUT2D eigenvalue weighted by molar-refractivity contribution is 9.10. The van der Waals surface area contributed by atoms with Gasteiger partial charge >= 0.3 is 5.97 Å². The standard InChI is InChI=1S/C25H22Br2N2O5/c26-17-4-8-19(9-5-17)29-24(31)16-33-25(32)3-1-2-23(30)28-20-10-14-22(15-11-20)34-21-12-6-18(27)7-13-21/h4-15H,1-3,16H2,(H,28,30)(H,29,31). The number of carbonyl (C=O) groups excluding carboxylic acids is 3. The average molecular weight is 590 g/mol. The fraction of sp³-hybridized carbons (Fsp3) is 0.160. The van der Waals surface area contributed by atoms with Crippen LogP contribution in [0.4, 0.5) is 11.4 Å². The van der Waals surface area contributed by atoms with Gasteiger partial charge in [-0.15, -0.1) is 0 Å². The van der Waals surface area contributed by atoms with Gasteiger partial charge in [-0.05, 0) is 79.2 Å². The fourth-order valence-corrected chi connectivity index (χ4v) is 3.34. The van der Waals surface area contributed by atoms with Gasteiger partial charge in [0.1, 0.15) is 11.5 Å². The Hall–Kier alpha value is -3.17. The van der Waals surface area contributed by atoms with Gasteiger partial charge in [0.05, 0.1) is 0 Å². The summed E-state index contributed by atoms with van der Waals surface area (Å²) in [6.45, 7) is -0.379. The van der Waals surface area contributed by atoms with E-state index in [0.717, 1.165) is 8.95 Å². The largest absolute Gasteiger partial charge is 0.457 e. The first-order chi connectivity index (χ1) is 16.4. The van der Waals surface area contributed by atoms with Gasteiger partial charge in [0.2, 0.25) is 5.91 Å². The number of hydrogen-bond donors (Lipinski definition) is 2. The van der Waals surface area contributed by atoms with Crippen LogP contribution in [-0.4, -0.2) is 24.4 Å². The summed E-state index contributed by atoms with van der Waals surface area (Å²) in [6, 6.07) is 21.5. The lowest BCUT2D eigenvalue weighted by Gasteiger charge is -2.09. The van der Waals surface area contributed by atoms with Crippen molar-refractivity contribution in [1.82, 2.24) is 0 Å². The maximum Gasteiger partial charge on any atom is 0.306 e. The zero-order valence-corrected chi connectivity index (χ0v) is 21.2. The second kappa shape index (κ2) is 12.9. The molecule has 0 saturated carbocycles. The molecule has 7 nitrogen and oxygen atoms in total. The van der Waals surface area contributed by atoms with Crippen molar-refractivity contribution in [3.8, 4) is 11.5 Å². The van der Waals surface area contributed by atoms with Crippen molar-refractivity contribution in [2.24, 2.45) is 0 Å². The summed E-state index contributed by atoms with van der Waals surface area (Å²) in [6.07, 6.45) is 0.500. The number of carbonyl (C=O) groups is 3. The highest BCUT2D eigenvalue weighted by atomic mass is 79.9. The molecule has 3 aromatic rings. The summed E-state index contributed by atoms with van der Waals surface area (Å²) >= 11 is 6.69. The number of benzene rings is 3. The van der Waals surface area contributed by atoms with E-state index in [1.165, 1.54) is 0 Å². The van der Waals surface area contributed by atoms with Gasteiger partial charge in [-0.1, -0.05) is 31.9 Å². The third-order valence-corrected chi connectivity index (χ3v) is 5.52. The summed E-state index contributed by atoms with van der Waals surface area (Å²) in [4.78, 5) is 35.8. The smallest absolute Gasteiger partial charge is 0.306 e. The maximum absolute atomic E-state index is 12.1. The zero-order chi connectivity index (χ0) is 24.3. The highest BCUT2D eigenvalue weighted by Gasteiger charge is 2.10. The van der Waals surface area contributed by atoms with Crippen molar-refractivity contribution >= 4 is 61.0 Å². The van der Waals surface area contributed by atoms with Gasteiger partial charge in [-0.25, -0.2) is 0 Å². The highest BCUT2D eigenvalue weighted by Crippen LogP contribution is 2.24. The molecule has 0 spiro atoms. The van der Waals surface area contributed by atoms with Crippen LogP contribution >= 0.6 is 31.9 Å². The maximum atomic E-state index is 12.1. The first-order valence-corrected chi connectivity index (χ1v) is 12.0. The van der Waals surface area contributed by atoms with Crippen molar-refractivity contribution in [3.63, 3.8) is 0 Å². The van der Waals surface area contributed by atoms with Crippen molar-refractivity contribution < 1.29 is 23.9 Å². The SMILES string of the molecule is O=C(CCCC(=O)OCC(=O)Nc1ccc(Br)cc1)Nc1ccc(Oc2ccc(Br)cc2)cc1. The molecule has 0 bridgehead atoms. The lowest BCUT2D eigenvalue weighted by Crippen LogP contribution is -2.21. The predicted octanol–water partition coefficient (Wildman–Crippen LogP) is 6.29. The molecule has 9 heteroatoms. The second-order valence-electron chi connectivity index (χ2n) is 7.20. The van der Waals surface area contributed by atoms with Crippen LogP contribution in [-0.2, 0) is 19.1 Å². The Morgan fingerprint density at radius 1 is 0.647 bits per heavy atom. The molecule has 3 rings (SSSR count). The fourth-order valence-electron chi connectivity index (χ4n) is 2.81. The van der Waals surface area contributed by atoms with Crippen LogP contribution in [0.1, 0.15) is 19.3 Å². The van der Waals surface area contributed by atoms with Crippen molar-refractivity contribution in [3.05, 3.63) is 81.7 Å². The normalized spacial score (nSPS) is 10.3. The van der Waals surface area contributed by atoms with Crippen molar-refractivity contribution in [1.29, 1.82) is 0 Å². The Morgan fingerprint density at radius 2 is 1.12 bits per heavy atom. The Bertz CT molecular complexity index is 1120. The number of nitrogens with one attached hydrogen (secondary N) is 2. The van der Waals surface area contributed by atoms with Crippen LogP contribution in [0, 0.1) is 0 Å². The van der Waals surface area contributed by atoms with Crippen LogP contribution in [0.2, 0.25) is 0 Å². The number of hydrogen-bond acceptors (Lipinski definition) is 5. The Labute approximate surface area is 214 Å². The Balaban J connectivity index is 1.32. The summed E-state index contributed by atoms with van der Waals surface area (Å²) < 4.78 is 12.6. The Kier molecular flexibility index (Phi) is 9.66. The molecule has 0 heterocycles. The number of halogens is 2. The Morgan fingerprint density at radius 3 is 1.71 bits per heavy atom. The van der Waals surface area contributed by atoms with Crippen LogP contribution in [0.15, 0.2) is 81.7 Å². The first-order valence-electron chi connectivity index (χ1n) is 10.4. The third-order valence-electron chi connectivity index (χ3n) is 4.46. The van der Waals surface area contributed by atoms with E-state index in [1.54, 1.807) is 48.5 Å². The second-order valence-corrected chi connectivity index (χ2v) is 9.03. The molecule has 0 aliphatic carbocycles. The zero-order valence-electron chi connectivity index (χ0n) is 18.1. The van der Waals surface area contributed by atoms with Crippen LogP contribution in [0.25, 0.3) is 0 Å².